The number of likely N-dealkylation sites (tertiary alicyclic amines) is 1. The number of piperidine rings is 1. The normalized spacial score (nSPS) is 18.1. The Kier molecular flexibility index (Phi) is 5.38. The van der Waals surface area contributed by atoms with Gasteiger partial charge in [-0.15, -0.1) is 0 Å². The number of aromatic hydroxyl groups is 1. The average molecular weight is 348 g/mol. The van der Waals surface area contributed by atoms with Crippen LogP contribution in [0.5, 0.6) is 11.5 Å². The number of benzene rings is 2. The Labute approximate surface area is 146 Å². The monoisotopic (exact) mass is 348 g/mol. The molecule has 0 amide bonds. The summed E-state index contributed by atoms with van der Waals surface area (Å²) in [5.74, 6) is -0.815. The van der Waals surface area contributed by atoms with Crippen LogP contribution in [0.1, 0.15) is 18.4 Å². The van der Waals surface area contributed by atoms with Gasteiger partial charge in [0.2, 0.25) is 0 Å². The summed E-state index contributed by atoms with van der Waals surface area (Å²) >= 11 is 0. The molecule has 1 saturated heterocycles. The van der Waals surface area contributed by atoms with Gasteiger partial charge in [0.15, 0.2) is 11.6 Å². The number of phenols is 1. The van der Waals surface area contributed by atoms with E-state index in [4.69, 9.17) is 4.74 Å². The van der Waals surface area contributed by atoms with Gasteiger partial charge >= 0.3 is 0 Å². The van der Waals surface area contributed by atoms with E-state index in [0.29, 0.717) is 18.0 Å². The molecule has 3 rings (SSSR count). The van der Waals surface area contributed by atoms with Gasteiger partial charge in [0, 0.05) is 36.4 Å². The fraction of sp³-hybridized carbons (Fsp3) is 0.368. The van der Waals surface area contributed by atoms with Crippen LogP contribution in [0.3, 0.4) is 0 Å². The van der Waals surface area contributed by atoms with Gasteiger partial charge in [0.25, 0.3) is 0 Å². The molecule has 25 heavy (non-hydrogen) atoms. The second-order valence-corrected chi connectivity index (χ2v) is 6.31. The number of nitrogens with zero attached hydrogens (tertiary/aromatic N) is 1. The van der Waals surface area contributed by atoms with Gasteiger partial charge in [-0.1, -0.05) is 6.07 Å². The van der Waals surface area contributed by atoms with Crippen molar-refractivity contribution in [3.05, 3.63) is 53.6 Å². The summed E-state index contributed by atoms with van der Waals surface area (Å²) in [5.41, 5.74) is 1.34. The molecule has 4 nitrogen and oxygen atoms in total. The number of hydrogen-bond donors (Lipinski definition) is 2. The standard InChI is InChI=1S/C19H22F2N2O2/c1-25-19-6-2-5-18(24)15(19)12-23-9-3-4-14(11-23)22-13-7-8-16(20)17(21)10-13/h2,5-8,10,14,22,24H,3-4,9,11-12H2,1H3. The summed E-state index contributed by atoms with van der Waals surface area (Å²) in [5, 5.41) is 13.4. The molecule has 2 N–H and O–H groups in total. The maximum atomic E-state index is 13.4. The molecule has 134 valence electrons. The lowest BCUT2D eigenvalue weighted by Gasteiger charge is -2.34. The predicted molar refractivity (Wildman–Crippen MR) is 92.9 cm³/mol. The molecule has 2 aromatic rings. The number of nitrogens with one attached hydrogen (secondary N) is 1. The van der Waals surface area contributed by atoms with Crippen molar-refractivity contribution in [1.29, 1.82) is 0 Å². The molecule has 1 aliphatic rings. The van der Waals surface area contributed by atoms with E-state index < -0.39 is 11.6 Å². The van der Waals surface area contributed by atoms with E-state index >= 15 is 0 Å². The van der Waals surface area contributed by atoms with E-state index in [-0.39, 0.29) is 11.8 Å². The lowest BCUT2D eigenvalue weighted by molar-refractivity contribution is 0.204. The van der Waals surface area contributed by atoms with Crippen LogP contribution in [0.15, 0.2) is 36.4 Å². The zero-order chi connectivity index (χ0) is 17.8. The van der Waals surface area contributed by atoms with Crippen molar-refractivity contribution in [1.82, 2.24) is 4.90 Å². The lowest BCUT2D eigenvalue weighted by Crippen LogP contribution is -2.41. The largest absolute Gasteiger partial charge is 0.507 e. The SMILES string of the molecule is COc1cccc(O)c1CN1CCCC(Nc2ccc(F)c(F)c2)C1. The smallest absolute Gasteiger partial charge is 0.160 e. The molecule has 0 spiro atoms. The Morgan fingerprint density at radius 2 is 2.08 bits per heavy atom. The quantitative estimate of drug-likeness (QED) is 0.864. The molecule has 0 bridgehead atoms. The Morgan fingerprint density at radius 1 is 1.24 bits per heavy atom. The van der Waals surface area contributed by atoms with E-state index in [1.165, 1.54) is 6.07 Å². The van der Waals surface area contributed by atoms with Crippen LogP contribution in [-0.4, -0.2) is 36.2 Å². The van der Waals surface area contributed by atoms with Crippen molar-refractivity contribution in [3.8, 4) is 11.5 Å². The second-order valence-electron chi connectivity index (χ2n) is 6.31. The zero-order valence-corrected chi connectivity index (χ0v) is 14.1. The van der Waals surface area contributed by atoms with Crippen molar-refractivity contribution in [3.63, 3.8) is 0 Å². The fourth-order valence-corrected chi connectivity index (χ4v) is 3.27. The number of hydrogen-bond acceptors (Lipinski definition) is 4. The minimum absolute atomic E-state index is 0.135. The number of halogens is 2. The number of methoxy groups -OCH3 is 1. The molecule has 0 aromatic heterocycles. The van der Waals surface area contributed by atoms with E-state index in [1.807, 2.05) is 6.07 Å². The Bertz CT molecular complexity index is 739. The van der Waals surface area contributed by atoms with Gasteiger partial charge in [0.05, 0.1) is 7.11 Å². The van der Waals surface area contributed by atoms with Crippen LogP contribution in [0, 0.1) is 11.6 Å². The Hall–Kier alpha value is -2.34. The first-order valence-corrected chi connectivity index (χ1v) is 8.35. The molecular weight excluding hydrogens is 326 g/mol. The first-order chi connectivity index (χ1) is 12.1. The van der Waals surface area contributed by atoms with Crippen molar-refractivity contribution >= 4 is 5.69 Å². The van der Waals surface area contributed by atoms with E-state index in [0.717, 1.165) is 37.6 Å². The van der Waals surface area contributed by atoms with Crippen LogP contribution in [0.4, 0.5) is 14.5 Å². The minimum Gasteiger partial charge on any atom is -0.507 e. The van der Waals surface area contributed by atoms with Crippen LogP contribution >= 0.6 is 0 Å². The first kappa shape index (κ1) is 17.5. The van der Waals surface area contributed by atoms with Gasteiger partial charge in [0.1, 0.15) is 11.5 Å². The summed E-state index contributed by atoms with van der Waals surface area (Å²) in [6.07, 6.45) is 1.94. The first-order valence-electron chi connectivity index (χ1n) is 8.35. The summed E-state index contributed by atoms with van der Waals surface area (Å²) in [6.45, 7) is 2.23. The van der Waals surface area contributed by atoms with Crippen LogP contribution < -0.4 is 10.1 Å². The summed E-state index contributed by atoms with van der Waals surface area (Å²) in [6, 6.07) is 9.22. The molecule has 1 atom stereocenters. The van der Waals surface area contributed by atoms with Gasteiger partial charge in [-0.05, 0) is 43.7 Å². The van der Waals surface area contributed by atoms with Crippen molar-refractivity contribution in [2.45, 2.75) is 25.4 Å². The molecule has 1 fully saturated rings. The third kappa shape index (κ3) is 4.20. The number of rotatable bonds is 5. The minimum atomic E-state index is -0.850. The van der Waals surface area contributed by atoms with Crippen molar-refractivity contribution in [2.24, 2.45) is 0 Å². The molecule has 0 aliphatic carbocycles. The second kappa shape index (κ2) is 7.70. The van der Waals surface area contributed by atoms with E-state index in [9.17, 15) is 13.9 Å². The Balaban J connectivity index is 1.66. The zero-order valence-electron chi connectivity index (χ0n) is 14.1. The molecule has 6 heteroatoms. The summed E-state index contributed by atoms with van der Waals surface area (Å²) in [4.78, 5) is 2.22. The van der Waals surface area contributed by atoms with E-state index in [2.05, 4.69) is 10.2 Å². The molecule has 2 aromatic carbocycles. The van der Waals surface area contributed by atoms with Crippen molar-refractivity contribution < 1.29 is 18.6 Å². The van der Waals surface area contributed by atoms with Gasteiger partial charge in [-0.25, -0.2) is 8.78 Å². The molecule has 1 heterocycles. The van der Waals surface area contributed by atoms with Crippen molar-refractivity contribution in [2.75, 3.05) is 25.5 Å². The lowest BCUT2D eigenvalue weighted by atomic mass is 10.0. The summed E-state index contributed by atoms with van der Waals surface area (Å²) in [7, 11) is 1.59. The topological polar surface area (TPSA) is 44.7 Å². The van der Waals surface area contributed by atoms with E-state index in [1.54, 1.807) is 25.3 Å². The molecule has 0 saturated carbocycles. The number of ether oxygens (including phenoxy) is 1. The molecule has 1 unspecified atom stereocenters. The predicted octanol–water partition coefficient (Wildman–Crippen LogP) is 3.76. The highest BCUT2D eigenvalue weighted by atomic mass is 19.2. The van der Waals surface area contributed by atoms with Gasteiger partial charge < -0.3 is 15.2 Å². The third-order valence-electron chi connectivity index (χ3n) is 4.51. The van der Waals surface area contributed by atoms with Crippen LogP contribution in [0.25, 0.3) is 0 Å². The number of phenolic OH excluding ortho intramolecular Hbond substituents is 1. The highest BCUT2D eigenvalue weighted by Gasteiger charge is 2.22. The highest BCUT2D eigenvalue weighted by molar-refractivity contribution is 5.45. The van der Waals surface area contributed by atoms with Crippen LogP contribution in [0.2, 0.25) is 0 Å². The van der Waals surface area contributed by atoms with Crippen LogP contribution in [-0.2, 0) is 6.54 Å². The molecule has 1 aliphatic heterocycles. The maximum Gasteiger partial charge on any atom is 0.160 e. The fourth-order valence-electron chi connectivity index (χ4n) is 3.27. The molecule has 0 radical (unpaired) electrons. The van der Waals surface area contributed by atoms with Gasteiger partial charge in [-0.3, -0.25) is 4.90 Å². The third-order valence-corrected chi connectivity index (χ3v) is 4.51. The summed E-state index contributed by atoms with van der Waals surface area (Å²) < 4.78 is 31.7. The van der Waals surface area contributed by atoms with Gasteiger partial charge in [-0.2, -0.15) is 0 Å². The maximum absolute atomic E-state index is 13.4. The molecular formula is C19H22F2N2O2. The Morgan fingerprint density at radius 3 is 2.84 bits per heavy atom. The number of anilines is 1. The highest BCUT2D eigenvalue weighted by Crippen LogP contribution is 2.30. The average Bonchev–Trinajstić information content (AvgIpc) is 2.60.